The number of aromatic nitrogens is 2. The monoisotopic (exact) mass is 392 g/mol. The van der Waals surface area contributed by atoms with Gasteiger partial charge in [-0.05, 0) is 55.0 Å². The van der Waals surface area contributed by atoms with Gasteiger partial charge in [0.1, 0.15) is 18.1 Å². The van der Waals surface area contributed by atoms with E-state index in [0.29, 0.717) is 44.0 Å². The highest BCUT2D eigenvalue weighted by Crippen LogP contribution is 2.36. The summed E-state index contributed by atoms with van der Waals surface area (Å²) >= 11 is 16.9. The van der Waals surface area contributed by atoms with Crippen molar-refractivity contribution in [2.24, 2.45) is 0 Å². The topological polar surface area (TPSA) is 58.1 Å². The molecule has 3 rings (SSSR count). The van der Waals surface area contributed by atoms with E-state index in [2.05, 4.69) is 9.97 Å². The second-order valence-electron chi connectivity index (χ2n) is 5.41. The summed E-state index contributed by atoms with van der Waals surface area (Å²) < 4.78 is 6.16. The van der Waals surface area contributed by atoms with E-state index in [9.17, 15) is 5.11 Å². The Kier molecular flexibility index (Phi) is 5.27. The molecule has 0 spiro atoms. The number of hydrogen-bond donors (Lipinski definition) is 2. The molecule has 4 nitrogen and oxygen atoms in total. The van der Waals surface area contributed by atoms with E-state index >= 15 is 0 Å². The number of hydrogen-bond acceptors (Lipinski definition) is 4. The molecule has 128 valence electrons. The summed E-state index contributed by atoms with van der Waals surface area (Å²) in [7, 11) is 0. The lowest BCUT2D eigenvalue weighted by molar-refractivity contribution is 0.302. The van der Waals surface area contributed by atoms with Crippen molar-refractivity contribution in [3.8, 4) is 22.8 Å². The van der Waals surface area contributed by atoms with Crippen molar-refractivity contribution in [2.45, 2.75) is 13.5 Å². The number of phenols is 1. The summed E-state index contributed by atoms with van der Waals surface area (Å²) in [5, 5.41) is 11.5. The Balaban J connectivity index is 1.85. The molecule has 0 atom stereocenters. The minimum Gasteiger partial charge on any atom is -0.507 e. The maximum Gasteiger partial charge on any atom is 0.197 e. The molecule has 25 heavy (non-hydrogen) atoms. The summed E-state index contributed by atoms with van der Waals surface area (Å²) in [6.07, 6.45) is 1.59. The molecule has 3 aromatic rings. The number of H-pyrrole nitrogens is 1. The van der Waals surface area contributed by atoms with E-state index in [4.69, 9.17) is 40.2 Å². The van der Waals surface area contributed by atoms with Crippen LogP contribution in [0.2, 0.25) is 10.0 Å². The van der Waals surface area contributed by atoms with Crippen molar-refractivity contribution in [3.63, 3.8) is 0 Å². The molecule has 0 bridgehead atoms. The average Bonchev–Trinajstić information content (AvgIpc) is 2.59. The van der Waals surface area contributed by atoms with Crippen LogP contribution < -0.4 is 4.74 Å². The highest BCUT2D eigenvalue weighted by atomic mass is 35.5. The zero-order valence-electron chi connectivity index (χ0n) is 13.2. The van der Waals surface area contributed by atoms with Gasteiger partial charge < -0.3 is 14.8 Å². The fourth-order valence-corrected chi connectivity index (χ4v) is 2.86. The fraction of sp³-hybridized carbons (Fsp3) is 0.111. The third-order valence-corrected chi connectivity index (χ3v) is 4.67. The van der Waals surface area contributed by atoms with Gasteiger partial charge in [0, 0.05) is 17.3 Å². The van der Waals surface area contributed by atoms with E-state index in [0.717, 1.165) is 5.56 Å². The predicted octanol–water partition coefficient (Wildman–Crippen LogP) is 5.71. The van der Waals surface area contributed by atoms with Crippen LogP contribution in [0.5, 0.6) is 11.5 Å². The summed E-state index contributed by atoms with van der Waals surface area (Å²) in [6.45, 7) is 2.10. The first-order chi connectivity index (χ1) is 12.0. The molecular formula is C18H14Cl2N2O2S. The second kappa shape index (κ2) is 7.44. The van der Waals surface area contributed by atoms with Crippen molar-refractivity contribution in [3.05, 3.63) is 68.5 Å². The second-order valence-corrected chi connectivity index (χ2v) is 6.61. The van der Waals surface area contributed by atoms with Crippen molar-refractivity contribution < 1.29 is 9.84 Å². The lowest BCUT2D eigenvalue weighted by atomic mass is 10.1. The molecule has 1 heterocycles. The summed E-state index contributed by atoms with van der Waals surface area (Å²) in [6, 6.07) is 10.6. The van der Waals surface area contributed by atoms with Crippen LogP contribution in [0.15, 0.2) is 42.6 Å². The summed E-state index contributed by atoms with van der Waals surface area (Å²) in [5.74, 6) is 0.712. The Labute approximate surface area is 160 Å². The van der Waals surface area contributed by atoms with Crippen LogP contribution in [-0.4, -0.2) is 15.1 Å². The molecule has 7 heteroatoms. The molecule has 0 aliphatic carbocycles. The van der Waals surface area contributed by atoms with E-state index < -0.39 is 0 Å². The van der Waals surface area contributed by atoms with Crippen LogP contribution in [0.1, 0.15) is 11.1 Å². The normalized spacial score (nSPS) is 10.7. The molecule has 0 fully saturated rings. The molecule has 0 aliphatic heterocycles. The summed E-state index contributed by atoms with van der Waals surface area (Å²) in [5.41, 5.74) is 2.84. The molecule has 2 N–H and O–H groups in total. The number of rotatable bonds is 4. The van der Waals surface area contributed by atoms with Gasteiger partial charge in [-0.2, -0.15) is 0 Å². The fourth-order valence-electron chi connectivity index (χ4n) is 2.37. The zero-order valence-corrected chi connectivity index (χ0v) is 15.5. The van der Waals surface area contributed by atoms with Crippen LogP contribution in [0.4, 0.5) is 0 Å². The number of halogens is 2. The van der Waals surface area contributed by atoms with E-state index in [-0.39, 0.29) is 5.75 Å². The number of nitrogens with one attached hydrogen (secondary N) is 1. The highest BCUT2D eigenvalue weighted by Gasteiger charge is 2.12. The van der Waals surface area contributed by atoms with Crippen LogP contribution in [0.25, 0.3) is 11.3 Å². The molecule has 0 saturated heterocycles. The number of phenolic OH excluding ortho intramolecular Hbond substituents is 1. The molecule has 0 unspecified atom stereocenters. The Morgan fingerprint density at radius 2 is 1.96 bits per heavy atom. The van der Waals surface area contributed by atoms with Gasteiger partial charge in [-0.3, -0.25) is 0 Å². The quantitative estimate of drug-likeness (QED) is 0.558. The number of benzene rings is 2. The van der Waals surface area contributed by atoms with Crippen LogP contribution in [-0.2, 0) is 6.61 Å². The molecule has 2 aromatic carbocycles. The molecule has 0 radical (unpaired) electrons. The molecule has 0 saturated carbocycles. The zero-order chi connectivity index (χ0) is 18.0. The van der Waals surface area contributed by atoms with E-state index in [1.54, 1.807) is 43.5 Å². The van der Waals surface area contributed by atoms with E-state index in [1.165, 1.54) is 0 Å². The Bertz CT molecular complexity index is 989. The summed E-state index contributed by atoms with van der Waals surface area (Å²) in [4.78, 5) is 6.90. The maximum atomic E-state index is 10.5. The predicted molar refractivity (Wildman–Crippen MR) is 102 cm³/mol. The van der Waals surface area contributed by atoms with Crippen molar-refractivity contribution in [1.29, 1.82) is 0 Å². The van der Waals surface area contributed by atoms with Crippen molar-refractivity contribution >= 4 is 35.4 Å². The molecule has 1 aromatic heterocycles. The van der Waals surface area contributed by atoms with Gasteiger partial charge in [0.2, 0.25) is 0 Å². The van der Waals surface area contributed by atoms with Gasteiger partial charge in [-0.1, -0.05) is 29.3 Å². The van der Waals surface area contributed by atoms with Gasteiger partial charge in [0.25, 0.3) is 0 Å². The Morgan fingerprint density at radius 1 is 1.16 bits per heavy atom. The first-order valence-corrected chi connectivity index (χ1v) is 8.57. The first kappa shape index (κ1) is 17.7. The van der Waals surface area contributed by atoms with Gasteiger partial charge in [0.05, 0.1) is 15.7 Å². The number of aromatic amines is 1. The number of aromatic hydroxyl groups is 1. The van der Waals surface area contributed by atoms with Gasteiger partial charge in [0.15, 0.2) is 4.77 Å². The lowest BCUT2D eigenvalue weighted by Crippen LogP contribution is -1.98. The minimum atomic E-state index is 0.128. The van der Waals surface area contributed by atoms with Crippen molar-refractivity contribution in [2.75, 3.05) is 0 Å². The maximum absolute atomic E-state index is 10.5. The standard InChI is InChI=1S/C18H14Cl2N2O2S/c1-10-16(24-9-11-2-4-13(19)14(20)8-11)5-3-12(17(10)23)15-6-7-21-18(25)22-15/h2-8,23H,9H2,1H3,(H,21,22,25). The average molecular weight is 393 g/mol. The van der Waals surface area contributed by atoms with Crippen LogP contribution in [0.3, 0.4) is 0 Å². The number of nitrogens with zero attached hydrogens (tertiary/aromatic N) is 1. The smallest absolute Gasteiger partial charge is 0.197 e. The molecule has 0 amide bonds. The van der Waals surface area contributed by atoms with Crippen LogP contribution >= 0.6 is 35.4 Å². The van der Waals surface area contributed by atoms with Crippen molar-refractivity contribution in [1.82, 2.24) is 9.97 Å². The van der Waals surface area contributed by atoms with Crippen LogP contribution in [0, 0.1) is 11.7 Å². The SMILES string of the molecule is Cc1c(OCc2ccc(Cl)c(Cl)c2)ccc(-c2ccnc(=S)[nH]2)c1O. The van der Waals surface area contributed by atoms with Gasteiger partial charge in [-0.25, -0.2) is 4.98 Å². The highest BCUT2D eigenvalue weighted by molar-refractivity contribution is 7.71. The molecule has 0 aliphatic rings. The third-order valence-electron chi connectivity index (χ3n) is 3.72. The van der Waals surface area contributed by atoms with Gasteiger partial charge in [-0.15, -0.1) is 0 Å². The Morgan fingerprint density at radius 3 is 2.68 bits per heavy atom. The number of ether oxygens (including phenoxy) is 1. The first-order valence-electron chi connectivity index (χ1n) is 7.40. The Hall–Kier alpha value is -2.08. The largest absolute Gasteiger partial charge is 0.507 e. The molecular weight excluding hydrogens is 379 g/mol. The van der Waals surface area contributed by atoms with Gasteiger partial charge >= 0.3 is 0 Å². The van der Waals surface area contributed by atoms with E-state index in [1.807, 2.05) is 6.07 Å². The minimum absolute atomic E-state index is 0.128. The lowest BCUT2D eigenvalue weighted by Gasteiger charge is -2.13. The third kappa shape index (κ3) is 3.95.